The van der Waals surface area contributed by atoms with Gasteiger partial charge in [0.05, 0.1) is 11.9 Å². The Morgan fingerprint density at radius 2 is 1.11 bits per heavy atom. The average Bonchev–Trinajstić information content (AvgIpc) is 1.72. The van der Waals surface area contributed by atoms with Crippen LogP contribution in [-0.4, -0.2) is 11.9 Å². The molecule has 0 spiro atoms. The third-order valence-corrected chi connectivity index (χ3v) is 0.167. The van der Waals surface area contributed by atoms with Crippen molar-refractivity contribution in [3.8, 4) is 0 Å². The van der Waals surface area contributed by atoms with Crippen LogP contribution in [0.5, 0.6) is 0 Å². The van der Waals surface area contributed by atoms with E-state index in [9.17, 15) is 0 Å². The largest absolute Gasteiger partial charge is 0.543 e. The first-order valence-electron chi connectivity index (χ1n) is 1.57. The summed E-state index contributed by atoms with van der Waals surface area (Å²) >= 11 is 0. The summed E-state index contributed by atoms with van der Waals surface area (Å²) in [5, 5.41) is 17.9. The second-order valence-electron chi connectivity index (χ2n) is 0.575. The molecule has 0 aromatic carbocycles. The maximum Gasteiger partial charge on any atom is 0.0870 e. The molecule has 0 N–H and O–H groups in total. The van der Waals surface area contributed by atoms with Crippen LogP contribution in [0.25, 0.3) is 0 Å². The Bertz CT molecular complexity index is 88.7. The monoisotopic (exact) mass is 223 g/mol. The zero-order valence-corrected chi connectivity index (χ0v) is 5.83. The Kier molecular flexibility index (Phi) is 18.3. The Morgan fingerprint density at radius 1 is 1.00 bits per heavy atom. The third-order valence-electron chi connectivity index (χ3n) is 0.167. The van der Waals surface area contributed by atoms with Gasteiger partial charge in [-0.1, -0.05) is 0 Å². The predicted octanol–water partition coefficient (Wildman–Crippen LogP) is -2.71. The second-order valence-corrected chi connectivity index (χ2v) is 0.575. The molecule has 0 heterocycles. The van der Waals surface area contributed by atoms with Gasteiger partial charge in [-0.25, -0.2) is 0 Å². The zero-order valence-electron chi connectivity index (χ0n) is 4.35. The molecule has 0 saturated carbocycles. The smallest absolute Gasteiger partial charge is 0.0870 e. The Balaban J connectivity index is -0.000000109. The normalized spacial score (nSPS) is 5.33. The van der Waals surface area contributed by atoms with E-state index in [1.54, 1.807) is 0 Å². The first kappa shape index (κ1) is 15.8. The summed E-state index contributed by atoms with van der Waals surface area (Å²) in [6.07, 6.45) is 0. The van der Waals surface area contributed by atoms with Crippen molar-refractivity contribution in [3.63, 3.8) is 0 Å². The fourth-order valence-corrected chi connectivity index (χ4v) is 0. The van der Waals surface area contributed by atoms with Gasteiger partial charge in [-0.3, -0.25) is 0 Å². The summed E-state index contributed by atoms with van der Waals surface area (Å²) in [5.41, 5.74) is 0. The van der Waals surface area contributed by atoms with Crippen LogP contribution in [0.3, 0.4) is 0 Å². The standard InChI is InChI=1S/C2H2O4.C2H4.Ag/c3-1(4)2(5)6;1-2;/h(H,3,4)(H,5,6);1-2H2;/p-2. The Labute approximate surface area is 67.7 Å². The van der Waals surface area contributed by atoms with Crippen LogP contribution in [0.15, 0.2) is 13.2 Å². The molecule has 57 valence electrons. The van der Waals surface area contributed by atoms with Crippen LogP contribution in [0.4, 0.5) is 0 Å². The van der Waals surface area contributed by atoms with Gasteiger partial charge in [0.2, 0.25) is 0 Å². The van der Waals surface area contributed by atoms with E-state index in [0.717, 1.165) is 0 Å². The number of hydrogen-bond acceptors (Lipinski definition) is 4. The van der Waals surface area contributed by atoms with Crippen LogP contribution < -0.4 is 10.2 Å². The fraction of sp³-hybridized carbons (Fsp3) is 0. The van der Waals surface area contributed by atoms with Crippen LogP contribution in [0.2, 0.25) is 0 Å². The second kappa shape index (κ2) is 10.4. The third kappa shape index (κ3) is 18.6. The number of hydrogen-bond donors (Lipinski definition) is 0. The molecule has 0 amide bonds. The molecule has 0 fully saturated rings. The number of rotatable bonds is 0. The molecule has 0 aromatic rings. The van der Waals surface area contributed by atoms with Gasteiger partial charge in [-0.15, -0.1) is 13.2 Å². The van der Waals surface area contributed by atoms with Crippen LogP contribution in [-0.2, 0) is 32.0 Å². The molecule has 1 radical (unpaired) electrons. The molecular formula is C4H4AgO4-2. The van der Waals surface area contributed by atoms with Gasteiger partial charge < -0.3 is 19.8 Å². The topological polar surface area (TPSA) is 80.3 Å². The Hall–Kier alpha value is -0.580. The summed E-state index contributed by atoms with van der Waals surface area (Å²) in [5.74, 6) is -4.37. The molecule has 0 bridgehead atoms. The molecular weight excluding hydrogens is 220 g/mol. The number of carbonyl (C=O) groups excluding carboxylic acids is 2. The summed E-state index contributed by atoms with van der Waals surface area (Å²) in [7, 11) is 0. The Morgan fingerprint density at radius 3 is 1.11 bits per heavy atom. The quantitative estimate of drug-likeness (QED) is 0.254. The molecule has 0 atom stereocenters. The van der Waals surface area contributed by atoms with E-state index >= 15 is 0 Å². The minimum absolute atomic E-state index is 0. The van der Waals surface area contributed by atoms with Crippen LogP contribution in [0.1, 0.15) is 0 Å². The zero-order chi connectivity index (χ0) is 7.15. The predicted molar refractivity (Wildman–Crippen MR) is 21.3 cm³/mol. The van der Waals surface area contributed by atoms with E-state index in [-0.39, 0.29) is 22.4 Å². The van der Waals surface area contributed by atoms with Crippen molar-refractivity contribution in [2.75, 3.05) is 0 Å². The number of carboxylic acids is 2. The van der Waals surface area contributed by atoms with Crippen molar-refractivity contribution < 1.29 is 42.2 Å². The van der Waals surface area contributed by atoms with Crippen LogP contribution in [0, 0.1) is 0 Å². The molecule has 0 rings (SSSR count). The van der Waals surface area contributed by atoms with Gasteiger partial charge in [0.25, 0.3) is 0 Å². The van der Waals surface area contributed by atoms with Crippen molar-refractivity contribution in [3.05, 3.63) is 13.2 Å². The summed E-state index contributed by atoms with van der Waals surface area (Å²) in [4.78, 5) is 17.9. The van der Waals surface area contributed by atoms with E-state index in [4.69, 9.17) is 19.8 Å². The molecule has 4 nitrogen and oxygen atoms in total. The molecule has 0 aromatic heterocycles. The molecule has 0 aliphatic rings. The number of carbonyl (C=O) groups is 2. The average molecular weight is 224 g/mol. The SMILES string of the molecule is C=C.O=C([O-])C(=O)[O-].[Ag]. The maximum atomic E-state index is 8.93. The minimum Gasteiger partial charge on any atom is -0.543 e. The van der Waals surface area contributed by atoms with Gasteiger partial charge in [-0.05, 0) is 0 Å². The first-order valence-corrected chi connectivity index (χ1v) is 1.57. The van der Waals surface area contributed by atoms with E-state index in [2.05, 4.69) is 13.2 Å². The molecule has 9 heavy (non-hydrogen) atoms. The van der Waals surface area contributed by atoms with Crippen LogP contribution >= 0.6 is 0 Å². The van der Waals surface area contributed by atoms with Crippen molar-refractivity contribution in [2.24, 2.45) is 0 Å². The summed E-state index contributed by atoms with van der Waals surface area (Å²) in [6, 6.07) is 0. The van der Waals surface area contributed by atoms with Gasteiger partial charge in [0, 0.05) is 22.4 Å². The number of aliphatic carboxylic acids is 2. The summed E-state index contributed by atoms with van der Waals surface area (Å²) in [6.45, 7) is 6.00. The first-order chi connectivity index (χ1) is 3.64. The maximum absolute atomic E-state index is 8.93. The molecule has 0 aliphatic carbocycles. The van der Waals surface area contributed by atoms with E-state index in [1.165, 1.54) is 0 Å². The van der Waals surface area contributed by atoms with Crippen molar-refractivity contribution >= 4 is 11.9 Å². The van der Waals surface area contributed by atoms with Crippen molar-refractivity contribution in [1.82, 2.24) is 0 Å². The van der Waals surface area contributed by atoms with E-state index < -0.39 is 11.9 Å². The minimum atomic E-state index is -2.19. The van der Waals surface area contributed by atoms with Gasteiger partial charge in [0.1, 0.15) is 0 Å². The van der Waals surface area contributed by atoms with Crippen molar-refractivity contribution in [1.29, 1.82) is 0 Å². The molecule has 0 aliphatic heterocycles. The fourth-order valence-electron chi connectivity index (χ4n) is 0. The van der Waals surface area contributed by atoms with Crippen molar-refractivity contribution in [2.45, 2.75) is 0 Å². The van der Waals surface area contributed by atoms with Gasteiger partial charge in [0.15, 0.2) is 0 Å². The summed E-state index contributed by atoms with van der Waals surface area (Å²) < 4.78 is 0. The van der Waals surface area contributed by atoms with Gasteiger partial charge >= 0.3 is 0 Å². The van der Waals surface area contributed by atoms with E-state index in [0.29, 0.717) is 0 Å². The number of carboxylic acid groups (broad SMARTS) is 2. The molecule has 0 saturated heterocycles. The molecule has 5 heteroatoms. The van der Waals surface area contributed by atoms with E-state index in [1.807, 2.05) is 0 Å². The molecule has 0 unspecified atom stereocenters. The van der Waals surface area contributed by atoms with Gasteiger partial charge in [-0.2, -0.15) is 0 Å².